The largest absolute Gasteiger partial charge is 0.369 e. The molecule has 6 heteroatoms. The normalized spacial score (nSPS) is 11.0. The van der Waals surface area contributed by atoms with Crippen LogP contribution in [0.5, 0.6) is 0 Å². The van der Waals surface area contributed by atoms with Crippen LogP contribution >= 0.6 is 0 Å². The van der Waals surface area contributed by atoms with Crippen molar-refractivity contribution < 1.29 is 0 Å². The van der Waals surface area contributed by atoms with Crippen LogP contribution in [-0.2, 0) is 0 Å². The van der Waals surface area contributed by atoms with Crippen LogP contribution in [0, 0.1) is 13.8 Å². The van der Waals surface area contributed by atoms with E-state index >= 15 is 0 Å². The van der Waals surface area contributed by atoms with E-state index in [0.29, 0.717) is 0 Å². The maximum atomic E-state index is 4.54. The van der Waals surface area contributed by atoms with E-state index in [1.165, 1.54) is 76.2 Å². The second kappa shape index (κ2) is 16.7. The van der Waals surface area contributed by atoms with Crippen molar-refractivity contribution in [2.45, 2.75) is 91.4 Å². The second-order valence-electron chi connectivity index (χ2n) is 10.1. The first-order valence-corrected chi connectivity index (χ1v) is 14.3. The van der Waals surface area contributed by atoms with Crippen molar-refractivity contribution >= 4 is 11.6 Å². The number of hydrogen-bond acceptors (Lipinski definition) is 6. The van der Waals surface area contributed by atoms with Crippen LogP contribution in [-0.4, -0.2) is 39.8 Å². The summed E-state index contributed by atoms with van der Waals surface area (Å²) in [5.41, 5.74) is 4.27. The van der Waals surface area contributed by atoms with Gasteiger partial charge in [0.2, 0.25) is 0 Å². The Balaban J connectivity index is 1.40. The van der Waals surface area contributed by atoms with Gasteiger partial charge in [-0.1, -0.05) is 88.6 Å². The van der Waals surface area contributed by atoms with Crippen LogP contribution in [0.4, 0.5) is 11.6 Å². The fraction of sp³-hybridized carbons (Fsp3) is 0.548. The van der Waals surface area contributed by atoms with Gasteiger partial charge in [0, 0.05) is 31.4 Å². The molecule has 2 heterocycles. The van der Waals surface area contributed by atoms with Gasteiger partial charge >= 0.3 is 0 Å². The van der Waals surface area contributed by atoms with Gasteiger partial charge in [-0.25, -0.2) is 4.98 Å². The number of aryl methyl sites for hydroxylation is 2. The first-order valence-electron chi connectivity index (χ1n) is 14.3. The second-order valence-corrected chi connectivity index (χ2v) is 10.1. The lowest BCUT2D eigenvalue weighted by atomic mass is 10.1. The Kier molecular flexibility index (Phi) is 12.9. The van der Waals surface area contributed by atoms with Crippen LogP contribution in [0.3, 0.4) is 0 Å². The van der Waals surface area contributed by atoms with Gasteiger partial charge in [0.1, 0.15) is 5.82 Å². The third-order valence-corrected chi connectivity index (χ3v) is 6.83. The summed E-state index contributed by atoms with van der Waals surface area (Å²) in [6, 6.07) is 12.7. The quantitative estimate of drug-likeness (QED) is 0.179. The summed E-state index contributed by atoms with van der Waals surface area (Å²) >= 11 is 0. The summed E-state index contributed by atoms with van der Waals surface area (Å²) in [7, 11) is 0. The van der Waals surface area contributed by atoms with Crippen molar-refractivity contribution in [3.05, 3.63) is 60.2 Å². The first kappa shape index (κ1) is 28.5. The molecule has 0 fully saturated rings. The zero-order valence-electron chi connectivity index (χ0n) is 23.3. The maximum absolute atomic E-state index is 4.54. The van der Waals surface area contributed by atoms with Crippen molar-refractivity contribution in [1.82, 2.24) is 20.2 Å². The number of anilines is 2. The molecule has 0 aliphatic rings. The number of benzene rings is 1. The average molecular weight is 503 g/mol. The maximum Gasteiger partial charge on any atom is 0.151 e. The Hall–Kier alpha value is -3.02. The van der Waals surface area contributed by atoms with Gasteiger partial charge in [-0.2, -0.15) is 5.10 Å². The Bertz CT molecular complexity index is 1020. The average Bonchev–Trinajstić information content (AvgIpc) is 2.93. The summed E-state index contributed by atoms with van der Waals surface area (Å²) in [5.74, 6) is 1.94. The number of aromatic nitrogens is 4. The van der Waals surface area contributed by atoms with Crippen LogP contribution in [0.25, 0.3) is 11.1 Å². The van der Waals surface area contributed by atoms with Crippen LogP contribution in [0.1, 0.15) is 88.9 Å². The minimum atomic E-state index is 0.925. The molecule has 1 aromatic carbocycles. The molecule has 3 rings (SSSR count). The lowest BCUT2D eigenvalue weighted by molar-refractivity contribution is 0.575. The molecule has 3 aromatic rings. The first-order chi connectivity index (χ1) is 18.2. The van der Waals surface area contributed by atoms with Crippen molar-refractivity contribution in [2.24, 2.45) is 0 Å². The molecule has 0 bridgehead atoms. The van der Waals surface area contributed by atoms with Crippen LogP contribution < -0.4 is 10.2 Å². The summed E-state index contributed by atoms with van der Waals surface area (Å²) in [5, 5.41) is 12.3. The fourth-order valence-corrected chi connectivity index (χ4v) is 4.59. The lowest BCUT2D eigenvalue weighted by Gasteiger charge is -2.24. The van der Waals surface area contributed by atoms with Crippen molar-refractivity contribution in [2.75, 3.05) is 29.9 Å². The number of nitrogens with one attached hydrogen (secondary N) is 1. The Labute approximate surface area is 224 Å². The van der Waals surface area contributed by atoms with Crippen molar-refractivity contribution in [1.29, 1.82) is 0 Å². The monoisotopic (exact) mass is 502 g/mol. The summed E-state index contributed by atoms with van der Waals surface area (Å²) in [6.07, 6.45) is 17.6. The van der Waals surface area contributed by atoms with Gasteiger partial charge < -0.3 is 10.2 Å². The van der Waals surface area contributed by atoms with E-state index in [1.807, 2.05) is 26.2 Å². The van der Waals surface area contributed by atoms with Gasteiger partial charge in [0.25, 0.3) is 0 Å². The number of nitrogens with zero attached hydrogens (tertiary/aromatic N) is 5. The van der Waals surface area contributed by atoms with Gasteiger partial charge in [-0.15, -0.1) is 5.10 Å². The molecule has 0 aliphatic heterocycles. The van der Waals surface area contributed by atoms with Crippen LogP contribution in [0.2, 0.25) is 0 Å². The lowest BCUT2D eigenvalue weighted by Crippen LogP contribution is -2.27. The molecule has 0 saturated heterocycles. The zero-order chi connectivity index (χ0) is 26.1. The molecular weight excluding hydrogens is 456 g/mol. The third kappa shape index (κ3) is 10.5. The van der Waals surface area contributed by atoms with E-state index in [1.54, 1.807) is 0 Å². The molecule has 0 aliphatic carbocycles. The van der Waals surface area contributed by atoms with E-state index in [2.05, 4.69) is 73.7 Å². The summed E-state index contributed by atoms with van der Waals surface area (Å²) in [6.45, 7) is 9.33. The van der Waals surface area contributed by atoms with Gasteiger partial charge in [-0.05, 0) is 44.7 Å². The summed E-state index contributed by atoms with van der Waals surface area (Å²) in [4.78, 5) is 11.4. The minimum Gasteiger partial charge on any atom is -0.369 e. The number of unbranched alkanes of at least 4 members (excludes halogenated alkanes) is 9. The molecule has 200 valence electrons. The van der Waals surface area contributed by atoms with Gasteiger partial charge in [0.15, 0.2) is 5.82 Å². The van der Waals surface area contributed by atoms with Crippen molar-refractivity contribution in [3.63, 3.8) is 0 Å². The topological polar surface area (TPSA) is 66.8 Å². The molecule has 0 radical (unpaired) electrons. The zero-order valence-corrected chi connectivity index (χ0v) is 23.3. The van der Waals surface area contributed by atoms with E-state index in [0.717, 1.165) is 48.2 Å². The standard InChI is InChI=1S/C31H46N6/c1-4-5-6-10-16-21-37(30-23-29(25-34-36-30)28-18-13-12-14-19-28)22-17-11-8-7-9-15-20-32-31-27(3)33-24-26(2)35-31/h12-14,18-19,23-25H,4-11,15-17,20-22H2,1-3H3,(H,32,35). The molecule has 2 aromatic heterocycles. The van der Waals surface area contributed by atoms with Gasteiger partial charge in [0.05, 0.1) is 17.6 Å². The van der Waals surface area contributed by atoms with E-state index < -0.39 is 0 Å². The molecular formula is C31H46N6. The highest BCUT2D eigenvalue weighted by Gasteiger charge is 2.10. The third-order valence-electron chi connectivity index (χ3n) is 6.83. The molecule has 0 amide bonds. The highest BCUT2D eigenvalue weighted by molar-refractivity contribution is 5.65. The molecule has 37 heavy (non-hydrogen) atoms. The highest BCUT2D eigenvalue weighted by atomic mass is 15.3. The molecule has 0 saturated carbocycles. The Morgan fingerprint density at radius 3 is 2.16 bits per heavy atom. The minimum absolute atomic E-state index is 0.925. The molecule has 0 atom stereocenters. The fourth-order valence-electron chi connectivity index (χ4n) is 4.59. The van der Waals surface area contributed by atoms with Gasteiger partial charge in [-0.3, -0.25) is 4.98 Å². The SMILES string of the molecule is CCCCCCCN(CCCCCCCCNc1nc(C)cnc1C)c1cc(-c2ccccc2)cnn1. The number of rotatable bonds is 18. The molecule has 0 spiro atoms. The molecule has 1 N–H and O–H groups in total. The van der Waals surface area contributed by atoms with E-state index in [9.17, 15) is 0 Å². The molecule has 6 nitrogen and oxygen atoms in total. The van der Waals surface area contributed by atoms with Crippen molar-refractivity contribution in [3.8, 4) is 11.1 Å². The highest BCUT2D eigenvalue weighted by Crippen LogP contribution is 2.23. The smallest absolute Gasteiger partial charge is 0.151 e. The van der Waals surface area contributed by atoms with E-state index in [-0.39, 0.29) is 0 Å². The number of hydrogen-bond donors (Lipinski definition) is 1. The Morgan fingerprint density at radius 2 is 1.43 bits per heavy atom. The predicted octanol–water partition coefficient (Wildman–Crippen LogP) is 7.78. The predicted molar refractivity (Wildman–Crippen MR) is 156 cm³/mol. The van der Waals surface area contributed by atoms with E-state index in [4.69, 9.17) is 0 Å². The summed E-state index contributed by atoms with van der Waals surface area (Å²) < 4.78 is 0. The van der Waals surface area contributed by atoms with Crippen LogP contribution in [0.15, 0.2) is 48.8 Å². The Morgan fingerprint density at radius 1 is 0.757 bits per heavy atom. The molecule has 0 unspecified atom stereocenters.